The SMILES string of the molecule is CCCCCCCC(=O)NCCOP(=O)([O-])Oc1cccc(OC2CCCC2)c1. The Morgan fingerprint density at radius 1 is 1.17 bits per heavy atom. The molecule has 1 atom stereocenters. The summed E-state index contributed by atoms with van der Waals surface area (Å²) in [7, 11) is -4.52. The van der Waals surface area contributed by atoms with Crippen LogP contribution < -0.4 is 19.5 Å². The van der Waals surface area contributed by atoms with Gasteiger partial charge in [0.15, 0.2) is 0 Å². The number of phosphoric acid groups is 1. The van der Waals surface area contributed by atoms with Crippen molar-refractivity contribution in [2.24, 2.45) is 0 Å². The van der Waals surface area contributed by atoms with Crippen LogP contribution in [0.3, 0.4) is 0 Å². The molecule has 2 rings (SSSR count). The van der Waals surface area contributed by atoms with Crippen molar-refractivity contribution in [3.8, 4) is 11.5 Å². The summed E-state index contributed by atoms with van der Waals surface area (Å²) in [6.07, 6.45) is 10.3. The quantitative estimate of drug-likeness (QED) is 0.351. The van der Waals surface area contributed by atoms with E-state index in [0.717, 1.165) is 44.9 Å². The molecule has 0 heterocycles. The van der Waals surface area contributed by atoms with Gasteiger partial charge in [-0.2, -0.15) is 0 Å². The molecule has 8 heteroatoms. The Bertz CT molecular complexity index is 662. The number of hydrogen-bond acceptors (Lipinski definition) is 6. The van der Waals surface area contributed by atoms with Crippen LogP contribution in [0.25, 0.3) is 0 Å². The number of nitrogens with one attached hydrogen (secondary N) is 1. The molecule has 29 heavy (non-hydrogen) atoms. The second-order valence-electron chi connectivity index (χ2n) is 7.39. The minimum Gasteiger partial charge on any atom is -0.746 e. The van der Waals surface area contributed by atoms with E-state index in [1.54, 1.807) is 18.2 Å². The highest BCUT2D eigenvalue weighted by atomic mass is 31.2. The van der Waals surface area contributed by atoms with Crippen molar-refractivity contribution in [2.45, 2.75) is 77.2 Å². The summed E-state index contributed by atoms with van der Waals surface area (Å²) >= 11 is 0. The van der Waals surface area contributed by atoms with Gasteiger partial charge in [0.05, 0.1) is 12.7 Å². The van der Waals surface area contributed by atoms with Crippen LogP contribution in [-0.4, -0.2) is 25.2 Å². The third-order valence-electron chi connectivity index (χ3n) is 4.81. The highest BCUT2D eigenvalue weighted by Gasteiger charge is 2.17. The van der Waals surface area contributed by atoms with Crippen molar-refractivity contribution in [1.82, 2.24) is 5.32 Å². The maximum Gasteiger partial charge on any atom is 0.319 e. The summed E-state index contributed by atoms with van der Waals surface area (Å²) in [4.78, 5) is 23.7. The summed E-state index contributed by atoms with van der Waals surface area (Å²) in [5.41, 5.74) is 0. The third kappa shape index (κ3) is 10.2. The number of unbranched alkanes of at least 4 members (excludes halogenated alkanes) is 4. The molecule has 1 amide bonds. The fraction of sp³-hybridized carbons (Fsp3) is 0.667. The topological polar surface area (TPSA) is 96.9 Å². The molecule has 0 bridgehead atoms. The van der Waals surface area contributed by atoms with Gasteiger partial charge in [-0.25, -0.2) is 0 Å². The molecule has 1 aliphatic carbocycles. The lowest BCUT2D eigenvalue weighted by Gasteiger charge is -2.23. The van der Waals surface area contributed by atoms with Gasteiger partial charge in [0, 0.05) is 19.0 Å². The summed E-state index contributed by atoms with van der Waals surface area (Å²) in [5.74, 6) is 0.638. The van der Waals surface area contributed by atoms with Gasteiger partial charge in [0.25, 0.3) is 0 Å². The van der Waals surface area contributed by atoms with E-state index in [9.17, 15) is 14.3 Å². The average molecular weight is 426 g/mol. The van der Waals surface area contributed by atoms with Crippen LogP contribution in [0, 0.1) is 0 Å². The van der Waals surface area contributed by atoms with E-state index in [1.807, 2.05) is 0 Å². The maximum absolute atomic E-state index is 12.0. The highest BCUT2D eigenvalue weighted by molar-refractivity contribution is 7.46. The van der Waals surface area contributed by atoms with Crippen molar-refractivity contribution < 1.29 is 28.0 Å². The Hall–Kier alpha value is -1.56. The van der Waals surface area contributed by atoms with Crippen LogP contribution in [0.2, 0.25) is 0 Å². The molecule has 164 valence electrons. The zero-order valence-electron chi connectivity index (χ0n) is 17.3. The van der Waals surface area contributed by atoms with Crippen LogP contribution in [0.5, 0.6) is 11.5 Å². The van der Waals surface area contributed by atoms with E-state index in [-0.39, 0.29) is 30.9 Å². The highest BCUT2D eigenvalue weighted by Crippen LogP contribution is 2.40. The maximum atomic E-state index is 12.0. The largest absolute Gasteiger partial charge is 0.746 e. The lowest BCUT2D eigenvalue weighted by Crippen LogP contribution is -2.27. The van der Waals surface area contributed by atoms with E-state index in [2.05, 4.69) is 12.2 Å². The average Bonchev–Trinajstić information content (AvgIpc) is 3.18. The van der Waals surface area contributed by atoms with Gasteiger partial charge in [-0.3, -0.25) is 9.36 Å². The molecule has 7 nitrogen and oxygen atoms in total. The molecule has 1 saturated carbocycles. The van der Waals surface area contributed by atoms with E-state index in [1.165, 1.54) is 18.9 Å². The summed E-state index contributed by atoms with van der Waals surface area (Å²) < 4.78 is 27.7. The standard InChI is InChI=1S/C21H34NO6P/c1-2-3-4-5-6-14-21(23)22-15-16-26-29(24,25)28-20-13-9-12-19(17-20)27-18-10-7-8-11-18/h9,12-13,17-18H,2-8,10-11,14-16H2,1H3,(H,22,23)(H,24,25)/p-1. The van der Waals surface area contributed by atoms with Crippen LogP contribution >= 0.6 is 7.82 Å². The molecule has 0 aromatic heterocycles. The number of hydrogen-bond donors (Lipinski definition) is 1. The molecule has 0 saturated heterocycles. The van der Waals surface area contributed by atoms with E-state index in [0.29, 0.717) is 12.2 Å². The van der Waals surface area contributed by atoms with E-state index < -0.39 is 7.82 Å². The lowest BCUT2D eigenvalue weighted by molar-refractivity contribution is -0.216. The van der Waals surface area contributed by atoms with Gasteiger partial charge in [-0.15, -0.1) is 0 Å². The molecular formula is C21H33NO6P-. The van der Waals surface area contributed by atoms with Crippen LogP contribution in [0.4, 0.5) is 0 Å². The number of phosphoric ester groups is 1. The fourth-order valence-electron chi connectivity index (χ4n) is 3.28. The Balaban J connectivity index is 1.65. The number of rotatable bonds is 14. The number of carbonyl (C=O) groups excluding carboxylic acids is 1. The Labute approximate surface area is 173 Å². The first-order valence-electron chi connectivity index (χ1n) is 10.7. The summed E-state index contributed by atoms with van der Waals surface area (Å²) in [5, 5.41) is 2.66. The molecule has 0 radical (unpaired) electrons. The summed E-state index contributed by atoms with van der Waals surface area (Å²) in [6.45, 7) is 2.10. The second-order valence-corrected chi connectivity index (χ2v) is 8.72. The molecule has 1 unspecified atom stereocenters. The first-order chi connectivity index (χ1) is 14.0. The number of amides is 1. The van der Waals surface area contributed by atoms with Gasteiger partial charge < -0.3 is 24.0 Å². The second kappa shape index (κ2) is 12.9. The van der Waals surface area contributed by atoms with Gasteiger partial charge >= 0.3 is 7.82 Å². The zero-order chi connectivity index (χ0) is 21.0. The number of benzene rings is 1. The predicted octanol–water partition coefficient (Wildman–Crippen LogP) is 4.35. The predicted molar refractivity (Wildman–Crippen MR) is 110 cm³/mol. The molecule has 1 aliphatic rings. The summed E-state index contributed by atoms with van der Waals surface area (Å²) in [6, 6.07) is 6.54. The lowest BCUT2D eigenvalue weighted by atomic mass is 10.1. The van der Waals surface area contributed by atoms with Crippen molar-refractivity contribution in [2.75, 3.05) is 13.2 Å². The van der Waals surface area contributed by atoms with Gasteiger partial charge in [0.2, 0.25) is 5.91 Å². The Morgan fingerprint density at radius 3 is 2.66 bits per heavy atom. The number of carbonyl (C=O) groups is 1. The molecule has 0 aliphatic heterocycles. The van der Waals surface area contributed by atoms with Crippen LogP contribution in [-0.2, 0) is 13.9 Å². The Morgan fingerprint density at radius 2 is 1.90 bits per heavy atom. The Kier molecular flexibility index (Phi) is 10.5. The smallest absolute Gasteiger partial charge is 0.319 e. The van der Waals surface area contributed by atoms with Gasteiger partial charge in [-0.05, 0) is 44.2 Å². The van der Waals surface area contributed by atoms with Crippen molar-refractivity contribution in [3.63, 3.8) is 0 Å². The van der Waals surface area contributed by atoms with Crippen molar-refractivity contribution >= 4 is 13.7 Å². The van der Waals surface area contributed by atoms with E-state index in [4.69, 9.17) is 13.8 Å². The molecular weight excluding hydrogens is 393 g/mol. The molecule has 1 aromatic carbocycles. The van der Waals surface area contributed by atoms with Crippen LogP contribution in [0.1, 0.15) is 71.1 Å². The normalized spacial score (nSPS) is 16.3. The van der Waals surface area contributed by atoms with Gasteiger partial charge in [0.1, 0.15) is 11.5 Å². The third-order valence-corrected chi connectivity index (χ3v) is 5.74. The first kappa shape index (κ1) is 23.7. The minimum absolute atomic E-state index is 0.0940. The molecule has 1 fully saturated rings. The molecule has 0 spiro atoms. The zero-order valence-corrected chi connectivity index (χ0v) is 18.2. The van der Waals surface area contributed by atoms with Crippen molar-refractivity contribution in [3.05, 3.63) is 24.3 Å². The minimum atomic E-state index is -4.52. The fourth-order valence-corrected chi connectivity index (χ4v) is 4.02. The van der Waals surface area contributed by atoms with Crippen LogP contribution in [0.15, 0.2) is 24.3 Å². The monoisotopic (exact) mass is 426 g/mol. The van der Waals surface area contributed by atoms with Gasteiger partial charge in [-0.1, -0.05) is 38.7 Å². The van der Waals surface area contributed by atoms with E-state index >= 15 is 0 Å². The molecule has 1 N–H and O–H groups in total. The molecule has 1 aromatic rings. The number of ether oxygens (including phenoxy) is 1. The first-order valence-corrected chi connectivity index (χ1v) is 12.1. The van der Waals surface area contributed by atoms with Crippen molar-refractivity contribution in [1.29, 1.82) is 0 Å².